The predicted octanol–water partition coefficient (Wildman–Crippen LogP) is 1.62. The number of carbonyl (C=O) groups excluding carboxylic acids is 1. The molecular formula is C15H24N4O2. The van der Waals surface area contributed by atoms with Crippen molar-refractivity contribution in [2.24, 2.45) is 5.92 Å². The van der Waals surface area contributed by atoms with E-state index in [2.05, 4.69) is 4.90 Å². The van der Waals surface area contributed by atoms with E-state index in [1.165, 1.54) is 0 Å². The van der Waals surface area contributed by atoms with Crippen LogP contribution < -0.4 is 10.6 Å². The zero-order chi connectivity index (χ0) is 14.8. The van der Waals surface area contributed by atoms with Gasteiger partial charge in [0.15, 0.2) is 5.82 Å². The Bertz CT molecular complexity index is 500. The van der Waals surface area contributed by atoms with Gasteiger partial charge in [0, 0.05) is 19.0 Å². The molecular weight excluding hydrogens is 268 g/mol. The number of ether oxygens (including phenoxy) is 1. The highest BCUT2D eigenvalue weighted by atomic mass is 16.5. The third kappa shape index (κ3) is 3.05. The minimum Gasteiger partial charge on any atom is -0.394 e. The second kappa shape index (κ2) is 6.05. The lowest BCUT2D eigenvalue weighted by molar-refractivity contribution is -0.121. The summed E-state index contributed by atoms with van der Waals surface area (Å²) in [5.74, 6) is 1.45. The second-order valence-electron chi connectivity index (χ2n) is 6.10. The van der Waals surface area contributed by atoms with Gasteiger partial charge >= 0.3 is 0 Å². The van der Waals surface area contributed by atoms with Gasteiger partial charge in [0.1, 0.15) is 5.78 Å². The van der Waals surface area contributed by atoms with Crippen LogP contribution in [0.3, 0.4) is 0 Å². The van der Waals surface area contributed by atoms with E-state index in [-0.39, 0.29) is 5.92 Å². The standard InChI is InChI=1S/C15H24N4O2/c1-11(20)12-2-4-13(5-3-12)19-10-14(16)15(17-19)18-6-8-21-9-7-18/h10,12-13H,2-9,16H2,1H3. The maximum absolute atomic E-state index is 11.4. The van der Waals surface area contributed by atoms with Gasteiger partial charge in [-0.15, -0.1) is 0 Å². The zero-order valence-electron chi connectivity index (χ0n) is 12.6. The summed E-state index contributed by atoms with van der Waals surface area (Å²) in [4.78, 5) is 13.6. The molecule has 0 amide bonds. The maximum Gasteiger partial charge on any atom is 0.174 e. The molecule has 1 aliphatic heterocycles. The SMILES string of the molecule is CC(=O)C1CCC(n2cc(N)c(N3CCOCC3)n2)CC1. The molecule has 1 aliphatic carbocycles. The predicted molar refractivity (Wildman–Crippen MR) is 81.3 cm³/mol. The Labute approximate surface area is 125 Å². The topological polar surface area (TPSA) is 73.4 Å². The number of nitrogen functional groups attached to an aromatic ring is 1. The van der Waals surface area contributed by atoms with Crippen molar-refractivity contribution in [2.45, 2.75) is 38.6 Å². The fourth-order valence-corrected chi connectivity index (χ4v) is 3.35. The molecule has 0 aromatic carbocycles. The van der Waals surface area contributed by atoms with Gasteiger partial charge < -0.3 is 15.4 Å². The van der Waals surface area contributed by atoms with Crippen molar-refractivity contribution >= 4 is 17.3 Å². The number of hydrogen-bond donors (Lipinski definition) is 1. The largest absolute Gasteiger partial charge is 0.394 e. The molecule has 0 unspecified atom stereocenters. The highest BCUT2D eigenvalue weighted by Gasteiger charge is 2.27. The van der Waals surface area contributed by atoms with Crippen LogP contribution in [0, 0.1) is 5.92 Å². The van der Waals surface area contributed by atoms with Gasteiger partial charge in [-0.3, -0.25) is 9.48 Å². The number of carbonyl (C=O) groups is 1. The number of morpholine rings is 1. The van der Waals surface area contributed by atoms with E-state index in [4.69, 9.17) is 15.6 Å². The molecule has 1 saturated heterocycles. The molecule has 6 nitrogen and oxygen atoms in total. The molecule has 0 bridgehead atoms. The monoisotopic (exact) mass is 292 g/mol. The Balaban J connectivity index is 1.68. The van der Waals surface area contributed by atoms with Crippen LogP contribution in [-0.2, 0) is 9.53 Å². The summed E-state index contributed by atoms with van der Waals surface area (Å²) >= 11 is 0. The summed E-state index contributed by atoms with van der Waals surface area (Å²) in [6.07, 6.45) is 5.89. The van der Waals surface area contributed by atoms with Crippen molar-refractivity contribution in [3.8, 4) is 0 Å². The molecule has 2 aliphatic rings. The van der Waals surface area contributed by atoms with Crippen molar-refractivity contribution in [3.05, 3.63) is 6.20 Å². The molecule has 3 rings (SSSR count). The van der Waals surface area contributed by atoms with E-state index in [0.717, 1.165) is 63.5 Å². The Morgan fingerprint density at radius 1 is 1.29 bits per heavy atom. The summed E-state index contributed by atoms with van der Waals surface area (Å²) in [5.41, 5.74) is 6.88. The Morgan fingerprint density at radius 2 is 1.95 bits per heavy atom. The third-order valence-corrected chi connectivity index (χ3v) is 4.70. The lowest BCUT2D eigenvalue weighted by Gasteiger charge is -2.28. The summed E-state index contributed by atoms with van der Waals surface area (Å²) in [6.45, 7) is 4.86. The lowest BCUT2D eigenvalue weighted by Crippen LogP contribution is -2.37. The van der Waals surface area contributed by atoms with Crippen molar-refractivity contribution in [1.29, 1.82) is 0 Å². The van der Waals surface area contributed by atoms with Gasteiger partial charge in [-0.1, -0.05) is 0 Å². The van der Waals surface area contributed by atoms with Crippen LogP contribution in [0.5, 0.6) is 0 Å². The van der Waals surface area contributed by atoms with Gasteiger partial charge in [-0.25, -0.2) is 0 Å². The number of aromatic nitrogens is 2. The van der Waals surface area contributed by atoms with Crippen molar-refractivity contribution in [1.82, 2.24) is 9.78 Å². The number of nitrogens with zero attached hydrogens (tertiary/aromatic N) is 3. The Hall–Kier alpha value is -1.56. The molecule has 1 aromatic heterocycles. The molecule has 21 heavy (non-hydrogen) atoms. The first kappa shape index (κ1) is 14.4. The first-order valence-corrected chi connectivity index (χ1v) is 7.83. The molecule has 2 heterocycles. The normalized spacial score (nSPS) is 26.8. The average molecular weight is 292 g/mol. The molecule has 1 aromatic rings. The van der Waals surface area contributed by atoms with Gasteiger partial charge in [0.2, 0.25) is 0 Å². The number of hydrogen-bond acceptors (Lipinski definition) is 5. The smallest absolute Gasteiger partial charge is 0.174 e. The fourth-order valence-electron chi connectivity index (χ4n) is 3.35. The van der Waals surface area contributed by atoms with Crippen LogP contribution in [0.4, 0.5) is 11.5 Å². The zero-order valence-corrected chi connectivity index (χ0v) is 12.6. The molecule has 116 valence electrons. The molecule has 1 saturated carbocycles. The molecule has 2 N–H and O–H groups in total. The Kier molecular flexibility index (Phi) is 4.14. The maximum atomic E-state index is 11.4. The van der Waals surface area contributed by atoms with Crippen LogP contribution in [0.25, 0.3) is 0 Å². The van der Waals surface area contributed by atoms with Crippen LogP contribution in [0.15, 0.2) is 6.20 Å². The molecule has 0 atom stereocenters. The molecule has 0 spiro atoms. The first-order valence-electron chi connectivity index (χ1n) is 7.83. The van der Waals surface area contributed by atoms with E-state index >= 15 is 0 Å². The number of anilines is 2. The highest BCUT2D eigenvalue weighted by molar-refractivity contribution is 5.78. The first-order chi connectivity index (χ1) is 10.1. The van der Waals surface area contributed by atoms with Gasteiger partial charge in [-0.2, -0.15) is 5.10 Å². The van der Waals surface area contributed by atoms with Crippen molar-refractivity contribution < 1.29 is 9.53 Å². The van der Waals surface area contributed by atoms with Gasteiger partial charge in [0.05, 0.1) is 31.1 Å². The van der Waals surface area contributed by atoms with E-state index in [1.807, 2.05) is 10.9 Å². The van der Waals surface area contributed by atoms with E-state index in [0.29, 0.717) is 11.8 Å². The summed E-state index contributed by atoms with van der Waals surface area (Å²) in [5, 5.41) is 4.70. The second-order valence-corrected chi connectivity index (χ2v) is 6.10. The number of ketones is 1. The number of rotatable bonds is 3. The van der Waals surface area contributed by atoms with Gasteiger partial charge in [0.25, 0.3) is 0 Å². The summed E-state index contributed by atoms with van der Waals surface area (Å²) in [6, 6.07) is 0.373. The minimum absolute atomic E-state index is 0.243. The van der Waals surface area contributed by atoms with Crippen LogP contribution in [0.2, 0.25) is 0 Å². The Morgan fingerprint density at radius 3 is 2.57 bits per heavy atom. The number of nitrogens with two attached hydrogens (primary N) is 1. The van der Waals surface area contributed by atoms with Crippen molar-refractivity contribution in [2.75, 3.05) is 36.9 Å². The third-order valence-electron chi connectivity index (χ3n) is 4.70. The van der Waals surface area contributed by atoms with Crippen LogP contribution >= 0.6 is 0 Å². The molecule has 6 heteroatoms. The fraction of sp³-hybridized carbons (Fsp3) is 0.733. The summed E-state index contributed by atoms with van der Waals surface area (Å²) < 4.78 is 7.38. The minimum atomic E-state index is 0.243. The average Bonchev–Trinajstić information content (AvgIpc) is 2.90. The van der Waals surface area contributed by atoms with E-state index in [9.17, 15) is 4.79 Å². The molecule has 2 fully saturated rings. The van der Waals surface area contributed by atoms with E-state index in [1.54, 1.807) is 6.92 Å². The van der Waals surface area contributed by atoms with Crippen molar-refractivity contribution in [3.63, 3.8) is 0 Å². The highest BCUT2D eigenvalue weighted by Crippen LogP contribution is 2.34. The lowest BCUT2D eigenvalue weighted by atomic mass is 9.84. The number of Topliss-reactive ketones (excluding diaryl/α,β-unsaturated/α-hetero) is 1. The van der Waals surface area contributed by atoms with Gasteiger partial charge in [-0.05, 0) is 32.6 Å². The van der Waals surface area contributed by atoms with Crippen LogP contribution in [-0.4, -0.2) is 41.9 Å². The van der Waals surface area contributed by atoms with E-state index < -0.39 is 0 Å². The van der Waals surface area contributed by atoms with Crippen LogP contribution in [0.1, 0.15) is 38.6 Å². The molecule has 0 radical (unpaired) electrons. The quantitative estimate of drug-likeness (QED) is 0.916. The summed E-state index contributed by atoms with van der Waals surface area (Å²) in [7, 11) is 0.